The predicted octanol–water partition coefficient (Wildman–Crippen LogP) is 7.30. The number of thiol groups is 1. The SMILES string of the molecule is CCCCN(CCCCC(C)S)c1ccc(N=C2C=C(NC(=O)C(C)C)C(=O)C(Cl)=C2CC)c(C)c1. The number of nitrogens with zero attached hydrogens (tertiary/aromatic N) is 2. The van der Waals surface area contributed by atoms with Gasteiger partial charge in [0.2, 0.25) is 11.7 Å². The number of benzene rings is 1. The molecule has 1 aliphatic rings. The van der Waals surface area contributed by atoms with Crippen LogP contribution in [-0.2, 0) is 9.59 Å². The van der Waals surface area contributed by atoms with Gasteiger partial charge in [-0.3, -0.25) is 9.59 Å². The lowest BCUT2D eigenvalue weighted by Crippen LogP contribution is -2.33. The first kappa shape index (κ1) is 30.2. The summed E-state index contributed by atoms with van der Waals surface area (Å²) in [6.45, 7) is 14.0. The lowest BCUT2D eigenvalue weighted by molar-refractivity contribution is -0.124. The normalized spacial score (nSPS) is 16.0. The quantitative estimate of drug-likeness (QED) is 0.159. The van der Waals surface area contributed by atoms with Crippen LogP contribution in [0.2, 0.25) is 0 Å². The Morgan fingerprint density at radius 3 is 2.42 bits per heavy atom. The summed E-state index contributed by atoms with van der Waals surface area (Å²) in [5.74, 6) is -0.844. The molecule has 1 unspecified atom stereocenters. The molecule has 7 heteroatoms. The molecule has 1 aromatic carbocycles. The zero-order valence-corrected chi connectivity index (χ0v) is 24.3. The second-order valence-corrected chi connectivity index (χ2v) is 11.1. The van der Waals surface area contributed by atoms with Crippen LogP contribution in [0.25, 0.3) is 0 Å². The van der Waals surface area contributed by atoms with Crippen molar-refractivity contribution in [1.82, 2.24) is 5.32 Å². The Hall–Kier alpha value is -2.05. The minimum absolute atomic E-state index is 0.119. The average Bonchev–Trinajstić information content (AvgIpc) is 2.83. The molecule has 0 saturated heterocycles. The van der Waals surface area contributed by atoms with Crippen LogP contribution >= 0.6 is 24.2 Å². The van der Waals surface area contributed by atoms with Gasteiger partial charge in [0.1, 0.15) is 0 Å². The summed E-state index contributed by atoms with van der Waals surface area (Å²) in [4.78, 5) is 32.3. The number of carbonyl (C=O) groups excluding carboxylic acids is 2. The molecule has 0 saturated carbocycles. The molecule has 1 aromatic rings. The summed E-state index contributed by atoms with van der Waals surface area (Å²) in [5.41, 5.74) is 4.55. The van der Waals surface area contributed by atoms with Crippen LogP contribution in [0, 0.1) is 12.8 Å². The van der Waals surface area contributed by atoms with Crippen molar-refractivity contribution in [3.63, 3.8) is 0 Å². The third kappa shape index (κ3) is 8.52. The van der Waals surface area contributed by atoms with Crippen molar-refractivity contribution in [3.8, 4) is 0 Å². The number of unbranched alkanes of at least 4 members (excludes halogenated alkanes) is 2. The summed E-state index contributed by atoms with van der Waals surface area (Å²) < 4.78 is 0. The van der Waals surface area contributed by atoms with Crippen molar-refractivity contribution in [1.29, 1.82) is 0 Å². The molecule has 0 aromatic heterocycles. The van der Waals surface area contributed by atoms with E-state index in [1.807, 2.05) is 13.0 Å². The van der Waals surface area contributed by atoms with E-state index in [0.717, 1.165) is 50.0 Å². The first-order valence-electron chi connectivity index (χ1n) is 13.2. The third-order valence-electron chi connectivity index (χ3n) is 6.30. The highest BCUT2D eigenvalue weighted by Crippen LogP contribution is 2.30. The molecule has 2 rings (SSSR count). The number of hydrogen-bond donors (Lipinski definition) is 2. The molecule has 0 spiro atoms. The maximum absolute atomic E-state index is 12.7. The van der Waals surface area contributed by atoms with Gasteiger partial charge in [0, 0.05) is 30.3 Å². The van der Waals surface area contributed by atoms with Gasteiger partial charge in [0.15, 0.2) is 0 Å². The van der Waals surface area contributed by atoms with Crippen LogP contribution in [0.3, 0.4) is 0 Å². The minimum atomic E-state index is -0.368. The number of hydrogen-bond acceptors (Lipinski definition) is 5. The summed E-state index contributed by atoms with van der Waals surface area (Å²) in [5, 5.41) is 3.27. The monoisotopic (exact) mass is 531 g/mol. The largest absolute Gasteiger partial charge is 0.372 e. The number of anilines is 1. The van der Waals surface area contributed by atoms with Crippen molar-refractivity contribution < 1.29 is 9.59 Å². The van der Waals surface area contributed by atoms with E-state index in [4.69, 9.17) is 16.6 Å². The Kier molecular flexibility index (Phi) is 12.3. The molecule has 0 bridgehead atoms. The van der Waals surface area contributed by atoms with Crippen molar-refractivity contribution in [2.45, 2.75) is 85.3 Å². The first-order chi connectivity index (χ1) is 17.1. The summed E-state index contributed by atoms with van der Waals surface area (Å²) in [6, 6.07) is 6.34. The van der Waals surface area contributed by atoms with Gasteiger partial charge in [0.05, 0.1) is 22.1 Å². The standard InChI is InChI=1S/C29H42ClN3O2S/c1-7-9-15-33(16-11-10-12-21(6)36)22-13-14-24(20(5)17-22)31-25-18-26(32-29(35)19(3)4)28(34)27(30)23(25)8-2/h13-14,17-19,21,36H,7-12,15-16H2,1-6H3,(H,32,35). The third-order valence-corrected chi connectivity index (χ3v) is 6.96. The fraction of sp³-hybridized carbons (Fsp3) is 0.552. The van der Waals surface area contributed by atoms with E-state index in [1.165, 1.54) is 12.1 Å². The van der Waals surface area contributed by atoms with Gasteiger partial charge in [-0.2, -0.15) is 12.6 Å². The van der Waals surface area contributed by atoms with Gasteiger partial charge in [-0.15, -0.1) is 0 Å². The molecule has 5 nitrogen and oxygen atoms in total. The van der Waals surface area contributed by atoms with Crippen molar-refractivity contribution >= 4 is 53.0 Å². The van der Waals surface area contributed by atoms with Gasteiger partial charge in [-0.1, -0.05) is 59.1 Å². The number of allylic oxidation sites excluding steroid dienone is 3. The number of Topliss-reactive ketones (excluding diaryl/α,β-unsaturated/α-hetero) is 1. The summed E-state index contributed by atoms with van der Waals surface area (Å²) >= 11 is 10.9. The van der Waals surface area contributed by atoms with Crippen molar-refractivity contribution in [2.75, 3.05) is 18.0 Å². The van der Waals surface area contributed by atoms with Gasteiger partial charge >= 0.3 is 0 Å². The summed E-state index contributed by atoms with van der Waals surface area (Å²) in [7, 11) is 0. The molecule has 1 amide bonds. The predicted molar refractivity (Wildman–Crippen MR) is 157 cm³/mol. The highest BCUT2D eigenvalue weighted by molar-refractivity contribution is 7.80. The number of ketones is 1. The second kappa shape index (κ2) is 14.6. The molecule has 198 valence electrons. The first-order valence-corrected chi connectivity index (χ1v) is 14.1. The number of nitrogens with one attached hydrogen (secondary N) is 1. The fourth-order valence-corrected chi connectivity index (χ4v) is 4.53. The van der Waals surface area contributed by atoms with E-state index in [2.05, 4.69) is 55.7 Å². The van der Waals surface area contributed by atoms with Crippen LogP contribution in [-0.4, -0.2) is 35.7 Å². The minimum Gasteiger partial charge on any atom is -0.372 e. The van der Waals surface area contributed by atoms with Crippen LogP contribution in [0.4, 0.5) is 11.4 Å². The van der Waals surface area contributed by atoms with Crippen LogP contribution < -0.4 is 10.2 Å². The summed E-state index contributed by atoms with van der Waals surface area (Å²) in [6.07, 6.45) is 7.97. The van der Waals surface area contributed by atoms with E-state index >= 15 is 0 Å². The van der Waals surface area contributed by atoms with Gasteiger partial charge in [-0.25, -0.2) is 4.99 Å². The van der Waals surface area contributed by atoms with Crippen LogP contribution in [0.15, 0.2) is 45.6 Å². The average molecular weight is 532 g/mol. The van der Waals surface area contributed by atoms with Crippen LogP contribution in [0.5, 0.6) is 0 Å². The van der Waals surface area contributed by atoms with Crippen molar-refractivity contribution in [3.05, 3.63) is 46.1 Å². The maximum Gasteiger partial charge on any atom is 0.227 e. The van der Waals surface area contributed by atoms with E-state index in [9.17, 15) is 9.59 Å². The zero-order valence-electron chi connectivity index (χ0n) is 22.7. The lowest BCUT2D eigenvalue weighted by Gasteiger charge is -2.26. The van der Waals surface area contributed by atoms with E-state index in [1.54, 1.807) is 19.9 Å². The zero-order chi connectivity index (χ0) is 26.8. The number of aliphatic imine (C=N–C) groups is 1. The van der Waals surface area contributed by atoms with Gasteiger partial charge < -0.3 is 10.2 Å². The molecule has 1 aliphatic carbocycles. The topological polar surface area (TPSA) is 61.8 Å². The molecule has 36 heavy (non-hydrogen) atoms. The number of aryl methyl sites for hydroxylation is 1. The van der Waals surface area contributed by atoms with E-state index < -0.39 is 0 Å². The fourth-order valence-electron chi connectivity index (χ4n) is 4.02. The molecular weight excluding hydrogens is 490 g/mol. The Balaban J connectivity index is 2.34. The highest BCUT2D eigenvalue weighted by atomic mass is 35.5. The molecular formula is C29H42ClN3O2S. The Morgan fingerprint density at radius 1 is 1.14 bits per heavy atom. The van der Waals surface area contributed by atoms with E-state index in [-0.39, 0.29) is 28.3 Å². The molecule has 0 heterocycles. The highest BCUT2D eigenvalue weighted by Gasteiger charge is 2.27. The molecule has 0 fully saturated rings. The number of rotatable bonds is 13. The lowest BCUT2D eigenvalue weighted by atomic mass is 9.97. The van der Waals surface area contributed by atoms with Crippen molar-refractivity contribution in [2.24, 2.45) is 10.9 Å². The number of amides is 1. The molecule has 1 atom stereocenters. The Morgan fingerprint density at radius 2 is 1.83 bits per heavy atom. The van der Waals surface area contributed by atoms with Gasteiger partial charge in [0.25, 0.3) is 0 Å². The number of halogens is 1. The van der Waals surface area contributed by atoms with E-state index in [0.29, 0.717) is 23.0 Å². The van der Waals surface area contributed by atoms with Crippen LogP contribution in [0.1, 0.15) is 78.7 Å². The molecule has 0 radical (unpaired) electrons. The maximum atomic E-state index is 12.7. The smallest absolute Gasteiger partial charge is 0.227 e. The Labute approximate surface area is 227 Å². The Bertz CT molecular complexity index is 1030. The second-order valence-electron chi connectivity index (χ2n) is 9.83. The molecule has 1 N–H and O–H groups in total. The molecule has 0 aliphatic heterocycles. The van der Waals surface area contributed by atoms with Gasteiger partial charge in [-0.05, 0) is 67.7 Å². The number of carbonyl (C=O) groups is 2.